The van der Waals surface area contributed by atoms with E-state index in [-0.39, 0.29) is 0 Å². The predicted molar refractivity (Wildman–Crippen MR) is 66.9 cm³/mol. The van der Waals surface area contributed by atoms with E-state index in [2.05, 4.69) is 33.2 Å². The standard InChI is InChI=1S/C11H16BrN3/c1-6-9(13)5-14-11(10(6)12)15-7(2)8-3-4-8/h5,7-8H,3-4,13H2,1-2H3,(H,14,15). The Morgan fingerprint density at radius 1 is 1.60 bits per heavy atom. The number of nitrogens with zero attached hydrogens (tertiary/aromatic N) is 1. The summed E-state index contributed by atoms with van der Waals surface area (Å²) in [5.74, 6) is 1.72. The summed E-state index contributed by atoms with van der Waals surface area (Å²) in [6, 6.07) is 0.497. The minimum absolute atomic E-state index is 0.497. The van der Waals surface area contributed by atoms with Crippen LogP contribution in [-0.2, 0) is 0 Å². The number of anilines is 2. The normalized spacial score (nSPS) is 17.5. The van der Waals surface area contributed by atoms with Crippen LogP contribution in [0.1, 0.15) is 25.3 Å². The summed E-state index contributed by atoms with van der Waals surface area (Å²) in [6.45, 7) is 4.20. The highest BCUT2D eigenvalue weighted by molar-refractivity contribution is 9.10. The molecule has 1 aliphatic rings. The van der Waals surface area contributed by atoms with Crippen molar-refractivity contribution in [3.05, 3.63) is 16.2 Å². The lowest BCUT2D eigenvalue weighted by atomic mass is 10.2. The quantitative estimate of drug-likeness (QED) is 0.887. The van der Waals surface area contributed by atoms with Crippen LogP contribution in [0.2, 0.25) is 0 Å². The number of pyridine rings is 1. The Bertz CT molecular complexity index is 374. The van der Waals surface area contributed by atoms with Gasteiger partial charge in [0, 0.05) is 6.04 Å². The van der Waals surface area contributed by atoms with Crippen LogP contribution >= 0.6 is 15.9 Å². The number of rotatable bonds is 3. The summed E-state index contributed by atoms with van der Waals surface area (Å²) in [4.78, 5) is 4.31. The molecular weight excluding hydrogens is 254 g/mol. The van der Waals surface area contributed by atoms with Gasteiger partial charge < -0.3 is 11.1 Å². The van der Waals surface area contributed by atoms with E-state index in [1.165, 1.54) is 12.8 Å². The molecule has 1 atom stereocenters. The zero-order valence-corrected chi connectivity index (χ0v) is 10.6. The van der Waals surface area contributed by atoms with Crippen molar-refractivity contribution in [1.29, 1.82) is 0 Å². The summed E-state index contributed by atoms with van der Waals surface area (Å²) in [6.07, 6.45) is 4.38. The summed E-state index contributed by atoms with van der Waals surface area (Å²) in [7, 11) is 0. The molecule has 0 amide bonds. The number of nitrogen functional groups attached to an aromatic ring is 1. The van der Waals surface area contributed by atoms with Crippen molar-refractivity contribution in [2.45, 2.75) is 32.7 Å². The second-order valence-corrected chi connectivity index (χ2v) is 5.06. The van der Waals surface area contributed by atoms with Gasteiger partial charge in [0.25, 0.3) is 0 Å². The van der Waals surface area contributed by atoms with Gasteiger partial charge in [-0.2, -0.15) is 0 Å². The van der Waals surface area contributed by atoms with Crippen LogP contribution in [-0.4, -0.2) is 11.0 Å². The molecule has 3 nitrogen and oxygen atoms in total. The van der Waals surface area contributed by atoms with Crippen molar-refractivity contribution in [3.8, 4) is 0 Å². The largest absolute Gasteiger partial charge is 0.397 e. The number of aromatic nitrogens is 1. The van der Waals surface area contributed by atoms with Crippen molar-refractivity contribution in [3.63, 3.8) is 0 Å². The molecule has 15 heavy (non-hydrogen) atoms. The Hall–Kier alpha value is -0.770. The minimum Gasteiger partial charge on any atom is -0.397 e. The second kappa shape index (κ2) is 4.00. The lowest BCUT2D eigenvalue weighted by molar-refractivity contribution is 0.690. The number of hydrogen-bond acceptors (Lipinski definition) is 3. The molecule has 82 valence electrons. The maximum absolute atomic E-state index is 5.77. The molecule has 4 heteroatoms. The van der Waals surface area contributed by atoms with Crippen molar-refractivity contribution >= 4 is 27.4 Å². The van der Waals surface area contributed by atoms with E-state index < -0.39 is 0 Å². The topological polar surface area (TPSA) is 50.9 Å². The highest BCUT2D eigenvalue weighted by Gasteiger charge is 2.28. The molecule has 0 aromatic carbocycles. The van der Waals surface area contributed by atoms with Gasteiger partial charge in [-0.3, -0.25) is 0 Å². The first-order chi connectivity index (χ1) is 7.09. The third-order valence-corrected chi connectivity index (χ3v) is 3.97. The van der Waals surface area contributed by atoms with E-state index in [0.717, 1.165) is 27.5 Å². The Labute approximate surface area is 98.6 Å². The van der Waals surface area contributed by atoms with E-state index in [1.807, 2.05) is 6.92 Å². The summed E-state index contributed by atoms with van der Waals surface area (Å²) in [5.41, 5.74) is 7.55. The van der Waals surface area contributed by atoms with Crippen molar-refractivity contribution in [2.75, 3.05) is 11.1 Å². The zero-order chi connectivity index (χ0) is 11.0. The molecule has 1 aliphatic carbocycles. The van der Waals surface area contributed by atoms with Crippen LogP contribution in [0.4, 0.5) is 11.5 Å². The summed E-state index contributed by atoms with van der Waals surface area (Å²) >= 11 is 3.52. The van der Waals surface area contributed by atoms with Crippen LogP contribution in [0.5, 0.6) is 0 Å². The van der Waals surface area contributed by atoms with E-state index in [0.29, 0.717) is 6.04 Å². The molecule has 1 unspecified atom stereocenters. The molecule has 0 saturated heterocycles. The summed E-state index contributed by atoms with van der Waals surface area (Å²) < 4.78 is 0.981. The van der Waals surface area contributed by atoms with E-state index in [4.69, 9.17) is 5.73 Å². The van der Waals surface area contributed by atoms with Gasteiger partial charge in [-0.05, 0) is 54.1 Å². The molecule has 0 aliphatic heterocycles. The lowest BCUT2D eigenvalue weighted by Crippen LogP contribution is -2.18. The van der Waals surface area contributed by atoms with E-state index >= 15 is 0 Å². The average molecular weight is 270 g/mol. The fourth-order valence-electron chi connectivity index (χ4n) is 1.62. The van der Waals surface area contributed by atoms with E-state index in [1.54, 1.807) is 6.20 Å². The first-order valence-corrected chi connectivity index (χ1v) is 6.06. The Morgan fingerprint density at radius 2 is 2.27 bits per heavy atom. The van der Waals surface area contributed by atoms with Gasteiger partial charge in [-0.15, -0.1) is 0 Å². The molecule has 3 N–H and O–H groups in total. The molecule has 1 heterocycles. The van der Waals surface area contributed by atoms with E-state index in [9.17, 15) is 0 Å². The fraction of sp³-hybridized carbons (Fsp3) is 0.545. The third kappa shape index (κ3) is 2.25. The van der Waals surface area contributed by atoms with Crippen LogP contribution < -0.4 is 11.1 Å². The highest BCUT2D eigenvalue weighted by atomic mass is 79.9. The van der Waals surface area contributed by atoms with Gasteiger partial charge in [0.2, 0.25) is 0 Å². The SMILES string of the molecule is Cc1c(N)cnc(NC(C)C2CC2)c1Br. The number of halogens is 1. The van der Waals surface area contributed by atoms with Gasteiger partial charge in [-0.1, -0.05) is 0 Å². The molecule has 0 spiro atoms. The summed E-state index contributed by atoms with van der Waals surface area (Å²) in [5, 5.41) is 3.43. The van der Waals surface area contributed by atoms with Gasteiger partial charge in [-0.25, -0.2) is 4.98 Å². The first kappa shape index (κ1) is 10.7. The van der Waals surface area contributed by atoms with Crippen LogP contribution in [0, 0.1) is 12.8 Å². The van der Waals surface area contributed by atoms with Crippen molar-refractivity contribution in [2.24, 2.45) is 5.92 Å². The van der Waals surface area contributed by atoms with Gasteiger partial charge >= 0.3 is 0 Å². The molecule has 1 aromatic rings. The second-order valence-electron chi connectivity index (χ2n) is 4.27. The van der Waals surface area contributed by atoms with Crippen LogP contribution in [0.3, 0.4) is 0 Å². The molecule has 0 radical (unpaired) electrons. The number of hydrogen-bond donors (Lipinski definition) is 2. The smallest absolute Gasteiger partial charge is 0.140 e. The Morgan fingerprint density at radius 3 is 2.87 bits per heavy atom. The molecule has 0 bridgehead atoms. The number of nitrogens with two attached hydrogens (primary N) is 1. The van der Waals surface area contributed by atoms with Crippen molar-refractivity contribution < 1.29 is 0 Å². The van der Waals surface area contributed by atoms with Gasteiger partial charge in [0.15, 0.2) is 0 Å². The lowest BCUT2D eigenvalue weighted by Gasteiger charge is -2.16. The average Bonchev–Trinajstić information content (AvgIpc) is 3.02. The van der Waals surface area contributed by atoms with Crippen LogP contribution in [0.15, 0.2) is 10.7 Å². The number of nitrogens with one attached hydrogen (secondary N) is 1. The maximum atomic E-state index is 5.77. The third-order valence-electron chi connectivity index (χ3n) is 3.00. The highest BCUT2D eigenvalue weighted by Crippen LogP contribution is 2.35. The molecule has 2 rings (SSSR count). The fourth-order valence-corrected chi connectivity index (χ4v) is 2.07. The first-order valence-electron chi connectivity index (χ1n) is 5.26. The van der Waals surface area contributed by atoms with Gasteiger partial charge in [0.1, 0.15) is 5.82 Å². The maximum Gasteiger partial charge on any atom is 0.140 e. The van der Waals surface area contributed by atoms with Crippen molar-refractivity contribution in [1.82, 2.24) is 4.98 Å². The predicted octanol–water partition coefficient (Wildman–Crippen LogP) is 2.95. The monoisotopic (exact) mass is 269 g/mol. The Balaban J connectivity index is 2.17. The molecule has 1 aromatic heterocycles. The molecule has 1 fully saturated rings. The van der Waals surface area contributed by atoms with Crippen LogP contribution in [0.25, 0.3) is 0 Å². The zero-order valence-electron chi connectivity index (χ0n) is 9.05. The van der Waals surface area contributed by atoms with Gasteiger partial charge in [0.05, 0.1) is 16.4 Å². The molecule has 1 saturated carbocycles. The molecular formula is C11H16BrN3. The minimum atomic E-state index is 0.497. The Kier molecular flexibility index (Phi) is 2.87.